The Hall–Kier alpha value is -8.63. The smallest absolute Gasteiger partial charge is 0.335 e. The van der Waals surface area contributed by atoms with Gasteiger partial charge in [0.25, 0.3) is 0 Å². The van der Waals surface area contributed by atoms with E-state index in [-0.39, 0.29) is 82.1 Å². The summed E-state index contributed by atoms with van der Waals surface area (Å²) in [5.41, 5.74) is 53.5. The lowest BCUT2D eigenvalue weighted by molar-refractivity contribution is -0.120. The Morgan fingerprint density at radius 3 is 2.27 bits per heavy atom. The highest BCUT2D eigenvalue weighted by atomic mass is 16.4. The van der Waals surface area contributed by atoms with Crippen LogP contribution < -0.4 is 28.2 Å². The number of rotatable bonds is 5. The number of aromatic carboxylic acids is 1. The molecule has 1 saturated carbocycles. The van der Waals surface area contributed by atoms with Gasteiger partial charge in [-0.05, 0) is 192 Å². The molecule has 0 radical (unpaired) electrons. The summed E-state index contributed by atoms with van der Waals surface area (Å²) in [6.45, 7) is 0. The molecule has 16 aliphatic carbocycles. The molecule has 0 aliphatic heterocycles. The summed E-state index contributed by atoms with van der Waals surface area (Å²) in [5, 5.41) is 15.2. The molecule has 1 fully saturated rings. The van der Waals surface area contributed by atoms with E-state index < -0.39 is 29.6 Å². The number of hydrogen-bond acceptors (Lipinski definition) is 5. The molecule has 9 N–H and O–H groups in total. The van der Waals surface area contributed by atoms with E-state index in [4.69, 9.17) is 22.9 Å². The number of carbonyl (C=O) groups is 5. The molecule has 0 aromatic heterocycles. The first kappa shape index (κ1) is 38.9. The highest BCUT2D eigenvalue weighted by Crippen LogP contribution is 2.81. The molecule has 16 aliphatic rings. The number of nitrogens with two attached hydrogens (primary N) is 4. The quantitative estimate of drug-likeness (QED) is 0.140. The summed E-state index contributed by atoms with van der Waals surface area (Å²) in [4.78, 5) is 69.8. The SMILES string of the molecule is NC(=O)C1=C2Cc3c4c5c6c(cc(C(N)=O)c7cc(C(=O)O)cc3c76)C3=CC=CC6C7=CC(C(N)=O)C8=CC9=C%10C%11C%12=C(CC(C(N)=O)=C%13C=CC=C9C%13%12)c9cccc%12c9C%11C9=C(C%12=C1)C2C4C1C(=C7C8C%10C91)C=5C36. The molecule has 12 atom stereocenters. The predicted molar refractivity (Wildman–Crippen MR) is 279 cm³/mol. The molecule has 0 spiro atoms. The number of carboxylic acids is 1. The van der Waals surface area contributed by atoms with E-state index in [1.165, 1.54) is 66.5 Å². The number of primary amides is 4. The van der Waals surface area contributed by atoms with E-state index in [2.05, 4.69) is 72.9 Å². The number of fused-ring (bicyclic) bond motifs is 6. The van der Waals surface area contributed by atoms with Crippen LogP contribution in [-0.2, 0) is 20.8 Å². The van der Waals surface area contributed by atoms with Gasteiger partial charge in [-0.3, -0.25) is 19.2 Å². The van der Waals surface area contributed by atoms with Gasteiger partial charge >= 0.3 is 5.97 Å². The Balaban J connectivity index is 1.04. The van der Waals surface area contributed by atoms with E-state index in [0.717, 1.165) is 77.4 Å². The third kappa shape index (κ3) is 3.73. The molecule has 10 nitrogen and oxygen atoms in total. The van der Waals surface area contributed by atoms with Gasteiger partial charge < -0.3 is 28.0 Å². The van der Waals surface area contributed by atoms with Crippen LogP contribution in [0, 0.1) is 59.2 Å². The number of carbonyl (C=O) groups excluding carboxylic acids is 4. The van der Waals surface area contributed by atoms with E-state index in [1.54, 1.807) is 12.1 Å². The third-order valence-electron chi connectivity index (χ3n) is 22.0. The Morgan fingerprint density at radius 1 is 0.640 bits per heavy atom. The summed E-state index contributed by atoms with van der Waals surface area (Å²) >= 11 is 0. The van der Waals surface area contributed by atoms with Gasteiger partial charge in [0.1, 0.15) is 0 Å². The maximum Gasteiger partial charge on any atom is 0.335 e. The van der Waals surface area contributed by atoms with Crippen molar-refractivity contribution in [1.29, 1.82) is 0 Å². The van der Waals surface area contributed by atoms with Crippen molar-refractivity contribution in [2.45, 2.75) is 24.7 Å². The number of benzene rings is 4. The van der Waals surface area contributed by atoms with Gasteiger partial charge in [-0.25, -0.2) is 4.79 Å². The number of allylic oxidation sites excluding steroid dienone is 21. The van der Waals surface area contributed by atoms with Crippen molar-refractivity contribution in [3.8, 4) is 0 Å². The number of carboxylic acid groups (broad SMARTS) is 1. The fourth-order valence-corrected chi connectivity index (χ4v) is 20.4. The van der Waals surface area contributed by atoms with E-state index in [9.17, 15) is 29.1 Å². The maximum atomic E-state index is 14.5. The van der Waals surface area contributed by atoms with Gasteiger partial charge in [0, 0.05) is 70.5 Å². The maximum absolute atomic E-state index is 14.5. The van der Waals surface area contributed by atoms with Crippen molar-refractivity contribution in [3.05, 3.63) is 219 Å². The summed E-state index contributed by atoms with van der Waals surface area (Å²) in [5.74, 6) is -4.98. The zero-order valence-corrected chi connectivity index (χ0v) is 39.8. The Morgan fingerprint density at radius 2 is 1.47 bits per heavy atom. The molecule has 4 aromatic carbocycles. The van der Waals surface area contributed by atoms with Crippen LogP contribution >= 0.6 is 0 Å². The lowest BCUT2D eigenvalue weighted by Crippen LogP contribution is -2.61. The monoisotopic (exact) mass is 972 g/mol. The third-order valence-corrected chi connectivity index (χ3v) is 22.0. The van der Waals surface area contributed by atoms with Gasteiger partial charge in [0.15, 0.2) is 0 Å². The molecule has 0 saturated heterocycles. The lowest BCUT2D eigenvalue weighted by Gasteiger charge is -2.69. The first-order valence-electron chi connectivity index (χ1n) is 26.5. The average molecular weight is 973 g/mol. The molecule has 0 bridgehead atoms. The Bertz CT molecular complexity index is 4580. The van der Waals surface area contributed by atoms with Gasteiger partial charge in [-0.2, -0.15) is 0 Å². The van der Waals surface area contributed by atoms with Crippen LogP contribution in [0.2, 0.25) is 0 Å². The molecule has 0 heterocycles. The first-order chi connectivity index (χ1) is 36.4. The molecule has 10 heteroatoms. The van der Waals surface area contributed by atoms with Crippen molar-refractivity contribution in [3.63, 3.8) is 0 Å². The zero-order chi connectivity index (χ0) is 49.7. The molecule has 4 aromatic rings. The average Bonchev–Trinajstić information content (AvgIpc) is 3.43. The minimum atomic E-state index is -1.10. The fourth-order valence-electron chi connectivity index (χ4n) is 20.4. The topological polar surface area (TPSA) is 210 Å². The second kappa shape index (κ2) is 11.7. The number of hydrogen-bond donors (Lipinski definition) is 5. The summed E-state index contributed by atoms with van der Waals surface area (Å²) in [6, 6.07) is 12.0. The molecule has 356 valence electrons. The standard InChI is InChI=1S/C65H40N4O6/c66-61(70)35-14-28-20-5-1-7-22-31-17-38(64(69)73)34-13-32-25-10-18(65(74)75)11-26-36(62(67)71)15-29-21-6-2-8-23-30-16-37(63(68)72)33-12-27-19-4-3-9-24(35)39(19)43(28)53-49(27)55-47(33)45(30)58-52(41(21)23)54(44(29)42(25)26)50(32)56-48(34)46(31)57(51(53)40(20)22)59(55)60(56)58/h1-12,15-17,23,37,39,41,47-48,51,53,55-56,59-60H,13-14H2,(H2,66,70)(H2,67,71)(H2,68,72)(H2,69,73)(H,74,75). The van der Waals surface area contributed by atoms with Crippen molar-refractivity contribution in [2.24, 2.45) is 82.1 Å². The molecule has 75 heavy (non-hydrogen) atoms. The van der Waals surface area contributed by atoms with Crippen LogP contribution in [0.25, 0.3) is 43.8 Å². The van der Waals surface area contributed by atoms with E-state index in [1.807, 2.05) is 6.07 Å². The minimum Gasteiger partial charge on any atom is -0.478 e. The molecule has 4 amide bonds. The summed E-state index contributed by atoms with van der Waals surface area (Å²) < 4.78 is 0. The largest absolute Gasteiger partial charge is 0.478 e. The molecule has 20 rings (SSSR count). The second-order valence-electron chi connectivity index (χ2n) is 24.0. The van der Waals surface area contributed by atoms with Crippen LogP contribution in [-0.4, -0.2) is 34.7 Å². The fraction of sp³-hybridized carbons (Fsp3) is 0.215. The second-order valence-corrected chi connectivity index (χ2v) is 24.0. The van der Waals surface area contributed by atoms with Crippen LogP contribution in [0.4, 0.5) is 0 Å². The van der Waals surface area contributed by atoms with Crippen LogP contribution in [0.5, 0.6) is 0 Å². The van der Waals surface area contributed by atoms with E-state index >= 15 is 0 Å². The van der Waals surface area contributed by atoms with Crippen molar-refractivity contribution in [1.82, 2.24) is 0 Å². The van der Waals surface area contributed by atoms with Gasteiger partial charge in [-0.15, -0.1) is 0 Å². The van der Waals surface area contributed by atoms with Crippen LogP contribution in [0.1, 0.15) is 72.4 Å². The van der Waals surface area contributed by atoms with Gasteiger partial charge in [-0.1, -0.05) is 72.4 Å². The first-order valence-corrected chi connectivity index (χ1v) is 26.5. The Labute approximate surface area is 426 Å². The van der Waals surface area contributed by atoms with Crippen LogP contribution in [0.3, 0.4) is 0 Å². The molecular weight excluding hydrogens is 933 g/mol. The highest BCUT2D eigenvalue weighted by Gasteiger charge is 2.71. The number of amides is 4. The van der Waals surface area contributed by atoms with Crippen molar-refractivity contribution < 1.29 is 29.1 Å². The van der Waals surface area contributed by atoms with E-state index in [0.29, 0.717) is 29.4 Å². The van der Waals surface area contributed by atoms with Gasteiger partial charge in [0.05, 0.1) is 11.5 Å². The Kier molecular flexibility index (Phi) is 6.05. The minimum absolute atomic E-state index is 0.0264. The summed E-state index contributed by atoms with van der Waals surface area (Å²) in [7, 11) is 0. The normalized spacial score (nSPS) is 33.7. The molecule has 12 unspecified atom stereocenters. The molecular formula is C65H40N4O6. The highest BCUT2D eigenvalue weighted by molar-refractivity contribution is 6.25. The predicted octanol–water partition coefficient (Wildman–Crippen LogP) is 7.19. The zero-order valence-electron chi connectivity index (χ0n) is 39.8. The van der Waals surface area contributed by atoms with Gasteiger partial charge in [0.2, 0.25) is 23.6 Å². The summed E-state index contributed by atoms with van der Waals surface area (Å²) in [6.07, 6.45) is 20.5. The van der Waals surface area contributed by atoms with Crippen LogP contribution in [0.15, 0.2) is 169 Å². The van der Waals surface area contributed by atoms with Crippen molar-refractivity contribution in [2.75, 3.05) is 0 Å². The lowest BCUT2D eigenvalue weighted by atomic mass is 9.33. The van der Waals surface area contributed by atoms with Crippen molar-refractivity contribution >= 4 is 73.4 Å².